The highest BCUT2D eigenvalue weighted by molar-refractivity contribution is 7.89. The molecular weight excluding hydrogens is 436 g/mol. The second-order valence-corrected chi connectivity index (χ2v) is 10.3. The molecule has 0 bridgehead atoms. The van der Waals surface area contributed by atoms with Gasteiger partial charge in [0.05, 0.1) is 10.4 Å². The zero-order valence-electron chi connectivity index (χ0n) is 16.1. The van der Waals surface area contributed by atoms with Gasteiger partial charge in [-0.2, -0.15) is 0 Å². The molecule has 8 nitrogen and oxygen atoms in total. The van der Waals surface area contributed by atoms with Crippen molar-refractivity contribution < 1.29 is 13.2 Å². The lowest BCUT2D eigenvalue weighted by Gasteiger charge is -2.21. The molecule has 0 aliphatic carbocycles. The van der Waals surface area contributed by atoms with Gasteiger partial charge in [-0.05, 0) is 57.3 Å². The third-order valence-corrected chi connectivity index (χ3v) is 6.85. The number of aryl methyl sites for hydroxylation is 1. The van der Waals surface area contributed by atoms with Crippen molar-refractivity contribution in [2.24, 2.45) is 0 Å². The number of rotatable bonds is 4. The van der Waals surface area contributed by atoms with Crippen LogP contribution in [0.4, 0.5) is 0 Å². The Labute approximate surface area is 176 Å². The van der Waals surface area contributed by atoms with Gasteiger partial charge in [-0.15, -0.1) is 11.3 Å². The molecule has 0 saturated carbocycles. The molecule has 0 radical (unpaired) electrons. The molecule has 29 heavy (non-hydrogen) atoms. The summed E-state index contributed by atoms with van der Waals surface area (Å²) in [5.74, 6) is -0.370. The Morgan fingerprint density at radius 3 is 2.59 bits per heavy atom. The van der Waals surface area contributed by atoms with Gasteiger partial charge in [0, 0.05) is 11.1 Å². The maximum Gasteiger partial charge on any atom is 0.281 e. The average molecular weight is 455 g/mol. The van der Waals surface area contributed by atoms with E-state index < -0.39 is 27.0 Å². The van der Waals surface area contributed by atoms with Crippen molar-refractivity contribution in [2.75, 3.05) is 5.43 Å². The molecule has 1 amide bonds. The van der Waals surface area contributed by atoms with Crippen LogP contribution in [0.25, 0.3) is 10.2 Å². The molecule has 3 aromatic rings. The number of fused-ring (bicyclic) bond motifs is 1. The lowest BCUT2D eigenvalue weighted by Crippen LogP contribution is -2.40. The maximum atomic E-state index is 12.7. The van der Waals surface area contributed by atoms with E-state index in [-0.39, 0.29) is 15.5 Å². The normalized spacial score (nSPS) is 12.3. The van der Waals surface area contributed by atoms with Crippen molar-refractivity contribution >= 4 is 49.1 Å². The molecule has 2 heterocycles. The van der Waals surface area contributed by atoms with Crippen molar-refractivity contribution in [3.05, 3.63) is 56.4 Å². The van der Waals surface area contributed by atoms with Gasteiger partial charge in [-0.1, -0.05) is 11.6 Å². The number of hydrogen-bond acceptors (Lipinski definition) is 6. The van der Waals surface area contributed by atoms with E-state index in [1.165, 1.54) is 29.5 Å². The number of hydrogen-bond donors (Lipinski definition) is 2. The monoisotopic (exact) mass is 454 g/mol. The fourth-order valence-electron chi connectivity index (χ4n) is 2.62. The largest absolute Gasteiger partial charge is 0.281 e. The van der Waals surface area contributed by atoms with Crippen LogP contribution in [-0.4, -0.2) is 29.5 Å². The number of benzene rings is 1. The molecular formula is C18H19ClN4O4S2. The molecule has 0 aliphatic rings. The van der Waals surface area contributed by atoms with Gasteiger partial charge >= 0.3 is 0 Å². The number of thiophene rings is 1. The van der Waals surface area contributed by atoms with Gasteiger partial charge < -0.3 is 0 Å². The number of nitrogens with zero attached hydrogens (tertiary/aromatic N) is 2. The maximum absolute atomic E-state index is 12.7. The Bertz CT molecular complexity index is 1270. The van der Waals surface area contributed by atoms with E-state index in [1.54, 1.807) is 39.1 Å². The number of sulfonamides is 1. The first-order valence-electron chi connectivity index (χ1n) is 8.51. The van der Waals surface area contributed by atoms with Crippen LogP contribution in [0.15, 0.2) is 39.3 Å². The van der Waals surface area contributed by atoms with Crippen molar-refractivity contribution in [3.63, 3.8) is 0 Å². The lowest BCUT2D eigenvalue weighted by atomic mass is 10.1. The average Bonchev–Trinajstić information content (AvgIpc) is 3.05. The van der Waals surface area contributed by atoms with Gasteiger partial charge in [0.1, 0.15) is 15.6 Å². The van der Waals surface area contributed by atoms with Crippen LogP contribution in [0.5, 0.6) is 0 Å². The van der Waals surface area contributed by atoms with Gasteiger partial charge in [-0.25, -0.2) is 22.8 Å². The third kappa shape index (κ3) is 4.50. The molecule has 2 aromatic heterocycles. The van der Waals surface area contributed by atoms with E-state index in [1.807, 2.05) is 0 Å². The van der Waals surface area contributed by atoms with E-state index in [9.17, 15) is 18.0 Å². The van der Waals surface area contributed by atoms with Gasteiger partial charge in [-0.3, -0.25) is 15.0 Å². The Morgan fingerprint density at radius 2 is 1.93 bits per heavy atom. The topological polar surface area (TPSA) is 110 Å². The number of carbonyl (C=O) groups is 1. The van der Waals surface area contributed by atoms with E-state index in [0.717, 1.165) is 4.68 Å². The molecule has 0 spiro atoms. The summed E-state index contributed by atoms with van der Waals surface area (Å²) in [5, 5.41) is 2.10. The first kappa shape index (κ1) is 21.4. The Hall–Kier alpha value is -2.27. The highest BCUT2D eigenvalue weighted by Gasteiger charge is 2.25. The predicted molar refractivity (Wildman–Crippen MR) is 114 cm³/mol. The molecule has 2 N–H and O–H groups in total. The van der Waals surface area contributed by atoms with Crippen LogP contribution in [0.3, 0.4) is 0 Å². The summed E-state index contributed by atoms with van der Waals surface area (Å²) in [5.41, 5.74) is 1.35. The Kier molecular flexibility index (Phi) is 5.56. The van der Waals surface area contributed by atoms with Gasteiger partial charge in [0.2, 0.25) is 10.0 Å². The Morgan fingerprint density at radius 1 is 1.24 bits per heavy atom. The molecule has 1 aromatic carbocycles. The zero-order valence-corrected chi connectivity index (χ0v) is 18.5. The quantitative estimate of drug-likeness (QED) is 0.629. The minimum absolute atomic E-state index is 0.0204. The summed E-state index contributed by atoms with van der Waals surface area (Å²) in [4.78, 5) is 30.0. The van der Waals surface area contributed by atoms with Crippen LogP contribution in [0.2, 0.25) is 5.02 Å². The summed E-state index contributed by atoms with van der Waals surface area (Å²) in [6.07, 6.45) is 0. The van der Waals surface area contributed by atoms with Crippen molar-refractivity contribution in [1.82, 2.24) is 14.4 Å². The minimum Gasteiger partial charge on any atom is -0.267 e. The Balaban J connectivity index is 1.98. The summed E-state index contributed by atoms with van der Waals surface area (Å²) in [6.45, 7) is 6.67. The lowest BCUT2D eigenvalue weighted by molar-refractivity contribution is 0.101. The number of halogens is 1. The first-order chi connectivity index (χ1) is 13.4. The van der Waals surface area contributed by atoms with Crippen LogP contribution in [0.1, 0.15) is 37.0 Å². The molecule has 154 valence electrons. The second kappa shape index (κ2) is 7.52. The molecule has 0 fully saturated rings. The number of amides is 1. The van der Waals surface area contributed by atoms with E-state index in [0.29, 0.717) is 16.0 Å². The van der Waals surface area contributed by atoms with Crippen LogP contribution >= 0.6 is 22.9 Å². The van der Waals surface area contributed by atoms with E-state index in [4.69, 9.17) is 11.6 Å². The standard InChI is InChI=1S/C18H19ClN4O4S2/c1-10-20-16-12(7-8-28-16)17(25)23(10)21-15(24)11-5-6-13(19)14(9-11)29(26,27)22-18(2,3)4/h5-9,22H,1-4H3,(H,21,24). The van der Waals surface area contributed by atoms with Crippen LogP contribution in [0, 0.1) is 6.92 Å². The number of carbonyl (C=O) groups excluding carboxylic acids is 1. The van der Waals surface area contributed by atoms with E-state index >= 15 is 0 Å². The summed E-state index contributed by atoms with van der Waals surface area (Å²) >= 11 is 7.39. The second-order valence-electron chi connectivity index (χ2n) is 7.38. The molecule has 0 aliphatic heterocycles. The third-order valence-electron chi connectivity index (χ3n) is 3.80. The van der Waals surface area contributed by atoms with Crippen LogP contribution < -0.4 is 15.7 Å². The zero-order chi connectivity index (χ0) is 21.6. The fraction of sp³-hybridized carbons (Fsp3) is 0.278. The molecule has 11 heteroatoms. The SMILES string of the molecule is Cc1nc2sccc2c(=O)n1NC(=O)c1ccc(Cl)c(S(=O)(=O)NC(C)(C)C)c1. The number of aromatic nitrogens is 2. The fourth-order valence-corrected chi connectivity index (χ4v) is 5.37. The smallest absolute Gasteiger partial charge is 0.267 e. The summed E-state index contributed by atoms with van der Waals surface area (Å²) < 4.78 is 28.8. The van der Waals surface area contributed by atoms with Crippen molar-refractivity contribution in [1.29, 1.82) is 0 Å². The van der Waals surface area contributed by atoms with Crippen LogP contribution in [-0.2, 0) is 10.0 Å². The van der Waals surface area contributed by atoms with Gasteiger partial charge in [0.15, 0.2) is 0 Å². The summed E-state index contributed by atoms with van der Waals surface area (Å²) in [7, 11) is -3.96. The van der Waals surface area contributed by atoms with Crippen molar-refractivity contribution in [3.8, 4) is 0 Å². The summed E-state index contributed by atoms with van der Waals surface area (Å²) in [6, 6.07) is 5.50. The highest BCUT2D eigenvalue weighted by Crippen LogP contribution is 2.24. The molecule has 0 saturated heterocycles. The van der Waals surface area contributed by atoms with Gasteiger partial charge in [0.25, 0.3) is 11.5 Å². The predicted octanol–water partition coefficient (Wildman–Crippen LogP) is 2.88. The number of nitrogens with one attached hydrogen (secondary N) is 2. The first-order valence-corrected chi connectivity index (χ1v) is 11.2. The molecule has 0 unspecified atom stereocenters. The van der Waals surface area contributed by atoms with E-state index in [2.05, 4.69) is 15.1 Å². The molecule has 3 rings (SSSR count). The van der Waals surface area contributed by atoms with Crippen molar-refractivity contribution in [2.45, 2.75) is 38.1 Å². The molecule has 0 atom stereocenters. The minimum atomic E-state index is -3.96. The highest BCUT2D eigenvalue weighted by atomic mass is 35.5.